The van der Waals surface area contributed by atoms with Crippen LogP contribution in [0, 0.1) is 0 Å². The smallest absolute Gasteiger partial charge is 0.356 e. The van der Waals surface area contributed by atoms with E-state index in [0.717, 1.165) is 13.0 Å². The van der Waals surface area contributed by atoms with E-state index >= 15 is 0 Å². The van der Waals surface area contributed by atoms with Crippen LogP contribution in [0.15, 0.2) is 18.3 Å². The molecular formula is C11H16N2O2S. The molecular weight excluding hydrogens is 224 g/mol. The summed E-state index contributed by atoms with van der Waals surface area (Å²) in [6.45, 7) is 2.90. The number of nitrogens with one attached hydrogen (secondary N) is 1. The van der Waals surface area contributed by atoms with Gasteiger partial charge < -0.3 is 10.4 Å². The van der Waals surface area contributed by atoms with E-state index in [-0.39, 0.29) is 5.69 Å². The van der Waals surface area contributed by atoms with Crippen LogP contribution in [0.5, 0.6) is 0 Å². The average molecular weight is 240 g/mol. The molecule has 1 unspecified atom stereocenters. The minimum Gasteiger partial charge on any atom is -0.476 e. The Kier molecular flexibility index (Phi) is 5.11. The maximum Gasteiger partial charge on any atom is 0.356 e. The largest absolute Gasteiger partial charge is 0.476 e. The van der Waals surface area contributed by atoms with Crippen LogP contribution >= 0.6 is 11.8 Å². The molecule has 0 radical (unpaired) electrons. The van der Waals surface area contributed by atoms with Gasteiger partial charge in [-0.3, -0.25) is 0 Å². The topological polar surface area (TPSA) is 62.2 Å². The molecule has 0 spiro atoms. The molecule has 0 aliphatic heterocycles. The van der Waals surface area contributed by atoms with E-state index in [9.17, 15) is 4.79 Å². The van der Waals surface area contributed by atoms with Crippen LogP contribution in [0.25, 0.3) is 0 Å². The number of aromatic nitrogens is 1. The number of carbonyl (C=O) groups is 1. The molecule has 0 aromatic carbocycles. The van der Waals surface area contributed by atoms with Gasteiger partial charge in [-0.05, 0) is 24.8 Å². The SMILES string of the molecule is CSC(C)CCNc1cccnc1C(=O)O. The number of carboxylic acid groups (broad SMARTS) is 1. The number of hydrogen-bond acceptors (Lipinski definition) is 4. The Balaban J connectivity index is 2.56. The second-order valence-electron chi connectivity index (χ2n) is 3.47. The zero-order chi connectivity index (χ0) is 12.0. The first-order chi connectivity index (χ1) is 7.65. The summed E-state index contributed by atoms with van der Waals surface area (Å²) in [7, 11) is 0. The van der Waals surface area contributed by atoms with Gasteiger partial charge in [0.2, 0.25) is 0 Å². The Morgan fingerprint density at radius 1 is 1.69 bits per heavy atom. The number of thioether (sulfide) groups is 1. The zero-order valence-electron chi connectivity index (χ0n) is 9.43. The predicted octanol–water partition coefficient (Wildman–Crippen LogP) is 2.33. The number of carboxylic acids is 1. The molecule has 0 fully saturated rings. The van der Waals surface area contributed by atoms with Gasteiger partial charge >= 0.3 is 5.97 Å². The molecule has 0 aliphatic carbocycles. The molecule has 0 amide bonds. The van der Waals surface area contributed by atoms with Crippen molar-refractivity contribution >= 4 is 23.4 Å². The van der Waals surface area contributed by atoms with Crippen LogP contribution in [0.1, 0.15) is 23.8 Å². The second kappa shape index (κ2) is 6.37. The number of anilines is 1. The van der Waals surface area contributed by atoms with Gasteiger partial charge in [0.05, 0.1) is 5.69 Å². The molecule has 0 saturated heterocycles. The number of aromatic carboxylic acids is 1. The van der Waals surface area contributed by atoms with E-state index in [1.54, 1.807) is 23.9 Å². The number of pyridine rings is 1. The maximum atomic E-state index is 10.9. The third-order valence-electron chi connectivity index (χ3n) is 2.28. The van der Waals surface area contributed by atoms with E-state index in [1.807, 2.05) is 0 Å². The Hall–Kier alpha value is -1.23. The molecule has 1 aromatic rings. The van der Waals surface area contributed by atoms with Gasteiger partial charge in [-0.1, -0.05) is 6.92 Å². The van der Waals surface area contributed by atoms with Crippen molar-refractivity contribution in [3.8, 4) is 0 Å². The van der Waals surface area contributed by atoms with Gasteiger partial charge in [0.1, 0.15) is 0 Å². The lowest BCUT2D eigenvalue weighted by Crippen LogP contribution is -2.12. The van der Waals surface area contributed by atoms with Gasteiger partial charge in [0.15, 0.2) is 5.69 Å². The Labute approximate surface area is 99.5 Å². The number of nitrogens with zero attached hydrogens (tertiary/aromatic N) is 1. The summed E-state index contributed by atoms with van der Waals surface area (Å²) in [6, 6.07) is 3.47. The lowest BCUT2D eigenvalue weighted by molar-refractivity contribution is 0.0691. The minimum atomic E-state index is -0.999. The Bertz CT molecular complexity index is 358. The van der Waals surface area contributed by atoms with Crippen molar-refractivity contribution in [1.82, 2.24) is 4.98 Å². The lowest BCUT2D eigenvalue weighted by atomic mass is 10.2. The number of hydrogen-bond donors (Lipinski definition) is 2. The summed E-state index contributed by atoms with van der Waals surface area (Å²) >= 11 is 1.80. The minimum absolute atomic E-state index is 0.0827. The Morgan fingerprint density at radius 3 is 3.06 bits per heavy atom. The molecule has 0 saturated carbocycles. The molecule has 1 atom stereocenters. The van der Waals surface area contributed by atoms with Gasteiger partial charge in [0, 0.05) is 18.0 Å². The number of rotatable bonds is 6. The van der Waals surface area contributed by atoms with Crippen molar-refractivity contribution in [2.45, 2.75) is 18.6 Å². The van der Waals surface area contributed by atoms with Crippen molar-refractivity contribution in [3.63, 3.8) is 0 Å². The van der Waals surface area contributed by atoms with E-state index in [1.165, 1.54) is 6.20 Å². The summed E-state index contributed by atoms with van der Waals surface area (Å²) in [5, 5.41) is 12.6. The van der Waals surface area contributed by atoms with Crippen molar-refractivity contribution in [2.75, 3.05) is 18.1 Å². The first-order valence-corrected chi connectivity index (χ1v) is 6.39. The highest BCUT2D eigenvalue weighted by molar-refractivity contribution is 7.99. The Morgan fingerprint density at radius 2 is 2.44 bits per heavy atom. The van der Waals surface area contributed by atoms with Gasteiger partial charge in [-0.25, -0.2) is 9.78 Å². The van der Waals surface area contributed by atoms with Gasteiger partial charge in [0.25, 0.3) is 0 Å². The fourth-order valence-corrected chi connectivity index (χ4v) is 1.60. The van der Waals surface area contributed by atoms with Crippen LogP contribution < -0.4 is 5.32 Å². The molecule has 5 heteroatoms. The third-order valence-corrected chi connectivity index (χ3v) is 3.32. The van der Waals surface area contributed by atoms with Gasteiger partial charge in [-0.2, -0.15) is 11.8 Å². The van der Waals surface area contributed by atoms with Crippen molar-refractivity contribution < 1.29 is 9.90 Å². The summed E-state index contributed by atoms with van der Waals surface area (Å²) in [5.41, 5.74) is 0.669. The first-order valence-electron chi connectivity index (χ1n) is 5.10. The summed E-state index contributed by atoms with van der Waals surface area (Å²) < 4.78 is 0. The predicted molar refractivity (Wildman–Crippen MR) is 67.3 cm³/mol. The third kappa shape index (κ3) is 3.73. The molecule has 1 aromatic heterocycles. The molecule has 88 valence electrons. The molecule has 0 aliphatic rings. The van der Waals surface area contributed by atoms with Crippen LogP contribution in [0.3, 0.4) is 0 Å². The molecule has 0 bridgehead atoms. The van der Waals surface area contributed by atoms with Crippen LogP contribution in [0.2, 0.25) is 0 Å². The molecule has 1 rings (SSSR count). The normalized spacial score (nSPS) is 12.1. The van der Waals surface area contributed by atoms with Crippen LogP contribution in [-0.2, 0) is 0 Å². The second-order valence-corrected chi connectivity index (χ2v) is 4.74. The lowest BCUT2D eigenvalue weighted by Gasteiger charge is -2.11. The van der Waals surface area contributed by atoms with E-state index in [0.29, 0.717) is 10.9 Å². The molecule has 2 N–H and O–H groups in total. The first kappa shape index (κ1) is 12.8. The average Bonchev–Trinajstić information content (AvgIpc) is 2.29. The van der Waals surface area contributed by atoms with Crippen LogP contribution in [-0.4, -0.2) is 34.1 Å². The zero-order valence-corrected chi connectivity index (χ0v) is 10.3. The summed E-state index contributed by atoms with van der Waals surface area (Å²) in [4.78, 5) is 14.7. The monoisotopic (exact) mass is 240 g/mol. The van der Waals surface area contributed by atoms with Crippen LogP contribution in [0.4, 0.5) is 5.69 Å². The van der Waals surface area contributed by atoms with Gasteiger partial charge in [-0.15, -0.1) is 0 Å². The van der Waals surface area contributed by atoms with Crippen molar-refractivity contribution in [2.24, 2.45) is 0 Å². The summed E-state index contributed by atoms with van der Waals surface area (Å²) in [6.07, 6.45) is 4.55. The van der Waals surface area contributed by atoms with E-state index < -0.39 is 5.97 Å². The van der Waals surface area contributed by atoms with Crippen molar-refractivity contribution in [3.05, 3.63) is 24.0 Å². The maximum absolute atomic E-state index is 10.9. The molecule has 1 heterocycles. The van der Waals surface area contributed by atoms with E-state index in [4.69, 9.17) is 5.11 Å². The molecule has 4 nitrogen and oxygen atoms in total. The standard InChI is InChI=1S/C11H16N2O2S/c1-8(16-2)5-7-12-9-4-3-6-13-10(9)11(14)15/h3-4,6,8,12H,5,7H2,1-2H3,(H,14,15). The van der Waals surface area contributed by atoms with Crippen molar-refractivity contribution in [1.29, 1.82) is 0 Å². The highest BCUT2D eigenvalue weighted by Crippen LogP contribution is 2.14. The van der Waals surface area contributed by atoms with E-state index in [2.05, 4.69) is 23.5 Å². The summed E-state index contributed by atoms with van der Waals surface area (Å²) in [5.74, 6) is -0.999. The fraction of sp³-hybridized carbons (Fsp3) is 0.455. The quantitative estimate of drug-likeness (QED) is 0.799. The molecule has 16 heavy (non-hydrogen) atoms. The highest BCUT2D eigenvalue weighted by Gasteiger charge is 2.10. The fourth-order valence-electron chi connectivity index (χ4n) is 1.25. The highest BCUT2D eigenvalue weighted by atomic mass is 32.2.